The molecule has 0 aromatic heterocycles. The van der Waals surface area contributed by atoms with E-state index in [0.717, 1.165) is 6.07 Å². The number of ether oxygens (including phenoxy) is 1. The van der Waals surface area contributed by atoms with Gasteiger partial charge in [0.2, 0.25) is 0 Å². The molecule has 7 heteroatoms. The lowest BCUT2D eigenvalue weighted by atomic mass is 9.94. The third-order valence-electron chi connectivity index (χ3n) is 4.25. The summed E-state index contributed by atoms with van der Waals surface area (Å²) in [5.41, 5.74) is 7.72. The molecule has 0 bridgehead atoms. The van der Waals surface area contributed by atoms with E-state index in [1.165, 1.54) is 12.1 Å². The molecule has 3 N–H and O–H groups in total. The zero-order valence-corrected chi connectivity index (χ0v) is 15.3. The lowest BCUT2D eigenvalue weighted by molar-refractivity contribution is -0.274. The van der Waals surface area contributed by atoms with Crippen LogP contribution in [-0.2, 0) is 0 Å². The van der Waals surface area contributed by atoms with Crippen molar-refractivity contribution < 1.29 is 23.0 Å². The summed E-state index contributed by atoms with van der Waals surface area (Å²) in [4.78, 5) is 0. The summed E-state index contributed by atoms with van der Waals surface area (Å²) >= 11 is 5.84. The third-order valence-corrected chi connectivity index (χ3v) is 4.50. The normalized spacial score (nSPS) is 13.8. The van der Waals surface area contributed by atoms with E-state index in [9.17, 15) is 18.3 Å². The van der Waals surface area contributed by atoms with Gasteiger partial charge in [0, 0.05) is 10.6 Å². The maximum atomic E-state index is 12.9. The molecule has 0 saturated carbocycles. The second kappa shape index (κ2) is 8.22. The van der Waals surface area contributed by atoms with E-state index in [1.54, 1.807) is 54.6 Å². The molecule has 0 amide bonds. The van der Waals surface area contributed by atoms with Gasteiger partial charge in [0.15, 0.2) is 0 Å². The molecule has 28 heavy (non-hydrogen) atoms. The van der Waals surface area contributed by atoms with Crippen molar-refractivity contribution in [3.05, 3.63) is 88.9 Å². The van der Waals surface area contributed by atoms with Gasteiger partial charge in [-0.25, -0.2) is 0 Å². The predicted molar refractivity (Wildman–Crippen MR) is 102 cm³/mol. The van der Waals surface area contributed by atoms with E-state index in [-0.39, 0.29) is 11.1 Å². The van der Waals surface area contributed by atoms with Crippen molar-refractivity contribution in [1.29, 1.82) is 0 Å². The zero-order chi connectivity index (χ0) is 20.3. The van der Waals surface area contributed by atoms with Crippen LogP contribution in [0.15, 0.2) is 72.8 Å². The Morgan fingerprint density at radius 1 is 0.893 bits per heavy atom. The molecule has 0 aliphatic carbocycles. The Hall–Kier alpha value is -2.54. The Kier molecular flexibility index (Phi) is 5.93. The fourth-order valence-electron chi connectivity index (χ4n) is 2.86. The van der Waals surface area contributed by atoms with Gasteiger partial charge in [-0.1, -0.05) is 66.2 Å². The monoisotopic (exact) mass is 407 g/mol. The van der Waals surface area contributed by atoms with Gasteiger partial charge in [-0.3, -0.25) is 0 Å². The van der Waals surface area contributed by atoms with Crippen LogP contribution in [0, 0.1) is 0 Å². The van der Waals surface area contributed by atoms with E-state index < -0.39 is 24.3 Å². The van der Waals surface area contributed by atoms with Crippen molar-refractivity contribution in [3.63, 3.8) is 0 Å². The topological polar surface area (TPSA) is 55.5 Å². The van der Waals surface area contributed by atoms with Crippen LogP contribution in [0.25, 0.3) is 11.1 Å². The molecule has 0 radical (unpaired) electrons. The third kappa shape index (κ3) is 4.84. The molecule has 0 spiro atoms. The van der Waals surface area contributed by atoms with Gasteiger partial charge in [0.25, 0.3) is 0 Å². The minimum Gasteiger partial charge on any atom is -0.405 e. The fourth-order valence-corrected chi connectivity index (χ4v) is 2.99. The number of nitrogens with two attached hydrogens (primary N) is 1. The number of aliphatic hydroxyl groups excluding tert-OH is 1. The molecule has 0 aliphatic rings. The first-order chi connectivity index (χ1) is 13.2. The first-order valence-corrected chi connectivity index (χ1v) is 8.76. The van der Waals surface area contributed by atoms with Gasteiger partial charge in [0.05, 0.1) is 12.1 Å². The van der Waals surface area contributed by atoms with Crippen LogP contribution in [-0.4, -0.2) is 11.5 Å². The summed E-state index contributed by atoms with van der Waals surface area (Å²) in [5, 5.41) is 11.1. The first kappa shape index (κ1) is 20.2. The van der Waals surface area contributed by atoms with E-state index in [0.29, 0.717) is 16.1 Å². The number of alkyl halides is 3. The zero-order valence-electron chi connectivity index (χ0n) is 14.5. The number of aliphatic hydroxyl groups is 1. The van der Waals surface area contributed by atoms with Crippen LogP contribution >= 0.6 is 11.6 Å². The lowest BCUT2D eigenvalue weighted by Gasteiger charge is -2.22. The second-order valence-corrected chi connectivity index (χ2v) is 6.63. The molecule has 146 valence electrons. The minimum atomic E-state index is -4.87. The molecule has 0 fully saturated rings. The van der Waals surface area contributed by atoms with Gasteiger partial charge in [-0.2, -0.15) is 0 Å². The van der Waals surface area contributed by atoms with Gasteiger partial charge in [-0.15, -0.1) is 13.2 Å². The highest BCUT2D eigenvalue weighted by Crippen LogP contribution is 2.37. The molecule has 3 aromatic rings. The van der Waals surface area contributed by atoms with Gasteiger partial charge in [0.1, 0.15) is 5.75 Å². The minimum absolute atomic E-state index is 0.210. The average molecular weight is 408 g/mol. The van der Waals surface area contributed by atoms with Crippen LogP contribution in [0.3, 0.4) is 0 Å². The van der Waals surface area contributed by atoms with E-state index in [2.05, 4.69) is 4.74 Å². The smallest absolute Gasteiger partial charge is 0.405 e. The Morgan fingerprint density at radius 2 is 1.50 bits per heavy atom. The molecular weight excluding hydrogens is 391 g/mol. The van der Waals surface area contributed by atoms with E-state index in [4.69, 9.17) is 17.3 Å². The number of rotatable bonds is 5. The molecule has 0 aliphatic heterocycles. The predicted octanol–water partition coefficient (Wildman–Crippen LogP) is 5.64. The molecule has 3 nitrogen and oxygen atoms in total. The van der Waals surface area contributed by atoms with Crippen LogP contribution in [0.2, 0.25) is 5.02 Å². The summed E-state index contributed by atoms with van der Waals surface area (Å²) in [6.45, 7) is 0. The highest BCUT2D eigenvalue weighted by atomic mass is 35.5. The van der Waals surface area contributed by atoms with Crippen molar-refractivity contribution in [2.75, 3.05) is 0 Å². The Bertz CT molecular complexity index is 931. The highest BCUT2D eigenvalue weighted by molar-refractivity contribution is 6.30. The van der Waals surface area contributed by atoms with Crippen LogP contribution < -0.4 is 10.5 Å². The van der Waals surface area contributed by atoms with Gasteiger partial charge >= 0.3 is 6.36 Å². The van der Waals surface area contributed by atoms with E-state index in [1.807, 2.05) is 0 Å². The van der Waals surface area contributed by atoms with Crippen molar-refractivity contribution in [3.8, 4) is 16.9 Å². The molecule has 3 rings (SSSR count). The largest absolute Gasteiger partial charge is 0.573 e. The molecule has 2 atom stereocenters. The number of hydrogen-bond donors (Lipinski definition) is 2. The van der Waals surface area contributed by atoms with Crippen molar-refractivity contribution >= 4 is 11.6 Å². The maximum Gasteiger partial charge on any atom is 0.573 e. The number of halogens is 4. The van der Waals surface area contributed by atoms with Crippen LogP contribution in [0.1, 0.15) is 23.3 Å². The van der Waals surface area contributed by atoms with Gasteiger partial charge in [-0.05, 0) is 34.9 Å². The summed E-state index contributed by atoms with van der Waals surface area (Å²) in [7, 11) is 0. The molecule has 2 unspecified atom stereocenters. The van der Waals surface area contributed by atoms with Crippen molar-refractivity contribution in [1.82, 2.24) is 0 Å². The summed E-state index contributed by atoms with van der Waals surface area (Å²) in [5.74, 6) is -0.404. The van der Waals surface area contributed by atoms with Crippen LogP contribution in [0.5, 0.6) is 5.75 Å². The number of benzene rings is 3. The molecule has 0 heterocycles. The number of hydrogen-bond acceptors (Lipinski definition) is 3. The summed E-state index contributed by atoms with van der Waals surface area (Å²) < 4.78 is 42.9. The van der Waals surface area contributed by atoms with E-state index >= 15 is 0 Å². The maximum absolute atomic E-state index is 12.9. The molecular formula is C21H17ClF3NO2. The first-order valence-electron chi connectivity index (χ1n) is 8.39. The van der Waals surface area contributed by atoms with Gasteiger partial charge < -0.3 is 15.6 Å². The Balaban J connectivity index is 1.97. The summed E-state index contributed by atoms with van der Waals surface area (Å²) in [6.07, 6.45) is -6.10. The van der Waals surface area contributed by atoms with Crippen molar-refractivity contribution in [2.24, 2.45) is 5.73 Å². The average Bonchev–Trinajstić information content (AvgIpc) is 2.67. The Labute approximate surface area is 165 Å². The lowest BCUT2D eigenvalue weighted by Crippen LogP contribution is -2.21. The SMILES string of the molecule is NC(c1ccc(Cl)cc1)C(O)c1ccc(-c2ccccc2)c(OC(F)(F)F)c1. The Morgan fingerprint density at radius 3 is 2.11 bits per heavy atom. The van der Waals surface area contributed by atoms with Crippen LogP contribution in [0.4, 0.5) is 13.2 Å². The highest BCUT2D eigenvalue weighted by Gasteiger charge is 2.33. The standard InChI is InChI=1S/C21H17ClF3NO2/c22-16-9-6-14(7-10-16)19(26)20(27)15-8-11-17(13-4-2-1-3-5-13)18(12-15)28-21(23,24)25/h1-12,19-20,27H,26H2. The second-order valence-electron chi connectivity index (χ2n) is 6.19. The summed E-state index contributed by atoms with van der Waals surface area (Å²) in [6, 6.07) is 18.4. The van der Waals surface area contributed by atoms with Crippen molar-refractivity contribution in [2.45, 2.75) is 18.5 Å². The fraction of sp³-hybridized carbons (Fsp3) is 0.143. The molecule has 3 aromatic carbocycles. The molecule has 0 saturated heterocycles. The quantitative estimate of drug-likeness (QED) is 0.575.